The highest BCUT2D eigenvalue weighted by molar-refractivity contribution is 6.39. The zero-order valence-corrected chi connectivity index (χ0v) is 11.2. The number of methoxy groups -OCH3 is 1. The molecule has 8 heteroatoms. The van der Waals surface area contributed by atoms with Crippen LogP contribution in [0.5, 0.6) is 5.88 Å². The number of pyridine rings is 1. The second kappa shape index (κ2) is 8.83. The molecule has 110 valence electrons. The molecule has 0 saturated carbocycles. The number of anilines is 1. The summed E-state index contributed by atoms with van der Waals surface area (Å²) in [6.07, 6.45) is 1.40. The lowest BCUT2D eigenvalue weighted by Crippen LogP contribution is -2.39. The summed E-state index contributed by atoms with van der Waals surface area (Å²) in [5.41, 5.74) is 0.407. The molecule has 0 radical (unpaired) electrons. The van der Waals surface area contributed by atoms with Crippen LogP contribution < -0.4 is 20.7 Å². The molecule has 1 aromatic rings. The number of hydrogen-bond donors (Lipinski definition) is 4. The van der Waals surface area contributed by atoms with Crippen molar-refractivity contribution in [2.24, 2.45) is 0 Å². The highest BCUT2D eigenvalue weighted by Gasteiger charge is 2.12. The van der Waals surface area contributed by atoms with E-state index in [1.165, 1.54) is 13.3 Å². The van der Waals surface area contributed by atoms with Crippen molar-refractivity contribution in [3.05, 3.63) is 18.3 Å². The van der Waals surface area contributed by atoms with Crippen molar-refractivity contribution in [3.63, 3.8) is 0 Å². The maximum Gasteiger partial charge on any atom is 0.313 e. The summed E-state index contributed by atoms with van der Waals surface area (Å²) < 4.78 is 4.88. The largest absolute Gasteiger partial charge is 0.481 e. The Morgan fingerprint density at radius 1 is 1.25 bits per heavy atom. The van der Waals surface area contributed by atoms with Crippen molar-refractivity contribution in [3.8, 4) is 5.88 Å². The van der Waals surface area contributed by atoms with E-state index in [1.807, 2.05) is 0 Å². The van der Waals surface area contributed by atoms with E-state index in [0.717, 1.165) is 0 Å². The molecule has 0 aliphatic carbocycles. The van der Waals surface area contributed by atoms with Gasteiger partial charge in [-0.1, -0.05) is 0 Å². The van der Waals surface area contributed by atoms with Gasteiger partial charge >= 0.3 is 11.8 Å². The van der Waals surface area contributed by atoms with Gasteiger partial charge in [0.15, 0.2) is 0 Å². The Kier molecular flexibility index (Phi) is 7.01. The molecule has 1 rings (SSSR count). The highest BCUT2D eigenvalue weighted by Crippen LogP contribution is 2.10. The quantitative estimate of drug-likeness (QED) is 0.366. The van der Waals surface area contributed by atoms with Crippen molar-refractivity contribution < 1.29 is 19.4 Å². The molecule has 2 amide bonds. The monoisotopic (exact) mass is 282 g/mol. The summed E-state index contributed by atoms with van der Waals surface area (Å²) in [5.74, 6) is -1.08. The average molecular weight is 282 g/mol. The first-order chi connectivity index (χ1) is 9.67. The van der Waals surface area contributed by atoms with Gasteiger partial charge in [-0.3, -0.25) is 9.59 Å². The molecule has 0 aliphatic rings. The number of nitrogens with zero attached hydrogens (tertiary/aromatic N) is 1. The number of nitrogens with one attached hydrogen (secondary N) is 3. The Hall–Kier alpha value is -2.19. The predicted molar refractivity (Wildman–Crippen MR) is 72.4 cm³/mol. The molecule has 0 atom stereocenters. The van der Waals surface area contributed by atoms with Crippen molar-refractivity contribution in [1.29, 1.82) is 0 Å². The topological polar surface area (TPSA) is 113 Å². The third kappa shape index (κ3) is 5.63. The summed E-state index contributed by atoms with van der Waals surface area (Å²) in [4.78, 5) is 26.9. The van der Waals surface area contributed by atoms with E-state index in [4.69, 9.17) is 9.84 Å². The van der Waals surface area contributed by atoms with Crippen molar-refractivity contribution >= 4 is 17.5 Å². The van der Waals surface area contributed by atoms with Gasteiger partial charge in [0.25, 0.3) is 0 Å². The normalized spacial score (nSPS) is 9.90. The van der Waals surface area contributed by atoms with E-state index in [0.29, 0.717) is 31.2 Å². The Labute approximate surface area is 116 Å². The van der Waals surface area contributed by atoms with Crippen LogP contribution in [0.4, 0.5) is 5.69 Å². The van der Waals surface area contributed by atoms with Gasteiger partial charge in [0, 0.05) is 25.7 Å². The van der Waals surface area contributed by atoms with Crippen LogP contribution in [0, 0.1) is 0 Å². The first-order valence-electron chi connectivity index (χ1n) is 6.08. The molecule has 1 heterocycles. The standard InChI is InChI=1S/C12H18N4O4/c1-20-10-3-2-9(8-15-10)16-12(19)11(18)14-5-4-13-6-7-17/h2-3,8,13,17H,4-7H2,1H3,(H,14,18)(H,16,19). The summed E-state index contributed by atoms with van der Waals surface area (Å²) in [6, 6.07) is 3.16. The molecule has 20 heavy (non-hydrogen) atoms. The van der Waals surface area contributed by atoms with Gasteiger partial charge < -0.3 is 25.8 Å². The highest BCUT2D eigenvalue weighted by atomic mass is 16.5. The van der Waals surface area contributed by atoms with E-state index in [-0.39, 0.29) is 6.61 Å². The molecule has 0 fully saturated rings. The van der Waals surface area contributed by atoms with E-state index in [1.54, 1.807) is 12.1 Å². The van der Waals surface area contributed by atoms with Crippen molar-refractivity contribution in [2.75, 3.05) is 38.7 Å². The molecule has 8 nitrogen and oxygen atoms in total. The Morgan fingerprint density at radius 2 is 2.05 bits per heavy atom. The fraction of sp³-hybridized carbons (Fsp3) is 0.417. The van der Waals surface area contributed by atoms with Gasteiger partial charge in [-0.2, -0.15) is 0 Å². The first-order valence-corrected chi connectivity index (χ1v) is 6.08. The minimum absolute atomic E-state index is 0.0267. The molecule has 0 aromatic carbocycles. The Bertz CT molecular complexity index is 436. The smallest absolute Gasteiger partial charge is 0.313 e. The number of aliphatic hydroxyl groups is 1. The Morgan fingerprint density at radius 3 is 2.65 bits per heavy atom. The Balaban J connectivity index is 2.31. The number of rotatable bonds is 7. The van der Waals surface area contributed by atoms with Crippen molar-refractivity contribution in [2.45, 2.75) is 0 Å². The van der Waals surface area contributed by atoms with Crippen molar-refractivity contribution in [1.82, 2.24) is 15.6 Å². The number of carbonyl (C=O) groups is 2. The molecule has 0 spiro atoms. The second-order valence-electron chi connectivity index (χ2n) is 3.77. The zero-order chi connectivity index (χ0) is 14.8. The first kappa shape index (κ1) is 15.9. The summed E-state index contributed by atoms with van der Waals surface area (Å²) in [6.45, 7) is 1.25. The third-order valence-electron chi connectivity index (χ3n) is 2.29. The lowest BCUT2D eigenvalue weighted by Gasteiger charge is -2.07. The van der Waals surface area contributed by atoms with E-state index < -0.39 is 11.8 Å². The van der Waals surface area contributed by atoms with Gasteiger partial charge in [0.1, 0.15) is 0 Å². The van der Waals surface area contributed by atoms with Crippen LogP contribution >= 0.6 is 0 Å². The van der Waals surface area contributed by atoms with Crippen LogP contribution in [-0.2, 0) is 9.59 Å². The third-order valence-corrected chi connectivity index (χ3v) is 2.29. The molecule has 4 N–H and O–H groups in total. The van der Waals surface area contributed by atoms with Crippen LogP contribution in [0.2, 0.25) is 0 Å². The lowest BCUT2D eigenvalue weighted by molar-refractivity contribution is -0.136. The lowest BCUT2D eigenvalue weighted by atomic mass is 10.4. The molecular weight excluding hydrogens is 264 g/mol. The maximum absolute atomic E-state index is 11.5. The van der Waals surface area contributed by atoms with Crippen LogP contribution in [0.15, 0.2) is 18.3 Å². The maximum atomic E-state index is 11.5. The number of aliphatic hydroxyl groups excluding tert-OH is 1. The molecule has 0 saturated heterocycles. The van der Waals surface area contributed by atoms with Gasteiger partial charge in [0.05, 0.1) is 25.6 Å². The van der Waals surface area contributed by atoms with Crippen LogP contribution in [-0.4, -0.2) is 55.3 Å². The molecule has 0 unspecified atom stereocenters. The van der Waals surface area contributed by atoms with E-state index in [9.17, 15) is 9.59 Å². The second-order valence-corrected chi connectivity index (χ2v) is 3.77. The fourth-order valence-corrected chi connectivity index (χ4v) is 1.31. The predicted octanol–water partition coefficient (Wildman–Crippen LogP) is -1.27. The summed E-state index contributed by atoms with van der Waals surface area (Å²) in [7, 11) is 1.48. The molecular formula is C12H18N4O4. The fourth-order valence-electron chi connectivity index (χ4n) is 1.31. The molecule has 0 aliphatic heterocycles. The van der Waals surface area contributed by atoms with Crippen LogP contribution in [0.1, 0.15) is 0 Å². The summed E-state index contributed by atoms with van der Waals surface area (Å²) >= 11 is 0. The minimum Gasteiger partial charge on any atom is -0.481 e. The summed E-state index contributed by atoms with van der Waals surface area (Å²) in [5, 5.41) is 16.3. The zero-order valence-electron chi connectivity index (χ0n) is 11.2. The number of amides is 2. The number of carbonyl (C=O) groups excluding carboxylic acids is 2. The number of hydrogen-bond acceptors (Lipinski definition) is 6. The average Bonchev–Trinajstić information content (AvgIpc) is 2.47. The minimum atomic E-state index is -0.765. The SMILES string of the molecule is COc1ccc(NC(=O)C(=O)NCCNCCO)cn1. The van der Waals surface area contributed by atoms with Gasteiger partial charge in [-0.05, 0) is 6.07 Å². The number of ether oxygens (including phenoxy) is 1. The van der Waals surface area contributed by atoms with E-state index in [2.05, 4.69) is 20.9 Å². The van der Waals surface area contributed by atoms with Gasteiger partial charge in [0.2, 0.25) is 5.88 Å². The van der Waals surface area contributed by atoms with Crippen LogP contribution in [0.3, 0.4) is 0 Å². The van der Waals surface area contributed by atoms with E-state index >= 15 is 0 Å². The molecule has 1 aromatic heterocycles. The van der Waals surface area contributed by atoms with Crippen LogP contribution in [0.25, 0.3) is 0 Å². The van der Waals surface area contributed by atoms with Gasteiger partial charge in [-0.25, -0.2) is 4.98 Å². The van der Waals surface area contributed by atoms with Gasteiger partial charge in [-0.15, -0.1) is 0 Å². The molecule has 0 bridgehead atoms. The number of aromatic nitrogens is 1.